The van der Waals surface area contributed by atoms with Crippen LogP contribution in [-0.2, 0) is 4.74 Å². The molecule has 0 unspecified atom stereocenters. The molecule has 0 bridgehead atoms. The average molecular weight is 308 g/mol. The molecule has 3 N–H and O–H groups in total. The molecule has 0 aliphatic carbocycles. The molecule has 1 heterocycles. The second-order valence-electron chi connectivity index (χ2n) is 5.40. The van der Waals surface area contributed by atoms with E-state index in [0.29, 0.717) is 37.6 Å². The Morgan fingerprint density at radius 2 is 2.27 bits per heavy atom. The highest BCUT2D eigenvalue weighted by Gasteiger charge is 2.34. The molecule has 0 radical (unpaired) electrons. The fourth-order valence-corrected chi connectivity index (χ4v) is 2.62. The van der Waals surface area contributed by atoms with Crippen LogP contribution in [0, 0.1) is 6.92 Å². The largest absolute Gasteiger partial charge is 0.491 e. The second kappa shape index (κ2) is 7.58. The van der Waals surface area contributed by atoms with Crippen LogP contribution in [0.1, 0.15) is 22.8 Å². The molecule has 2 rings (SSSR count). The summed E-state index contributed by atoms with van der Waals surface area (Å²) < 4.78 is 10.8. The van der Waals surface area contributed by atoms with Gasteiger partial charge in [-0.15, -0.1) is 0 Å². The predicted molar refractivity (Wildman–Crippen MR) is 83.1 cm³/mol. The molecule has 6 heteroatoms. The van der Waals surface area contributed by atoms with Gasteiger partial charge < -0.3 is 25.2 Å². The number of carbonyl (C=O) groups is 1. The van der Waals surface area contributed by atoms with E-state index in [2.05, 4.69) is 0 Å². The number of likely N-dealkylation sites (N-methyl/N-ethyl adjacent to an activating group) is 1. The monoisotopic (exact) mass is 308 g/mol. The molecule has 1 saturated heterocycles. The van der Waals surface area contributed by atoms with Crippen LogP contribution >= 0.6 is 0 Å². The van der Waals surface area contributed by atoms with Crippen molar-refractivity contribution in [3.05, 3.63) is 29.3 Å². The molecule has 0 spiro atoms. The lowest BCUT2D eigenvalue weighted by Gasteiger charge is -2.29. The number of hydrogen-bond donors (Lipinski definition) is 2. The smallest absolute Gasteiger partial charge is 0.258 e. The molecule has 1 fully saturated rings. The van der Waals surface area contributed by atoms with Crippen LogP contribution in [0.4, 0.5) is 0 Å². The molecule has 0 saturated carbocycles. The Bertz CT molecular complexity index is 521. The van der Waals surface area contributed by atoms with Crippen LogP contribution in [0.15, 0.2) is 18.2 Å². The minimum atomic E-state index is -0.651. The molecular formula is C16H24N2O4. The SMILES string of the molecule is CCN(C(=O)c1cc(C)ccc1OCCN)[C@@H]1COC[C@H]1O. The van der Waals surface area contributed by atoms with Crippen LogP contribution in [0.3, 0.4) is 0 Å². The van der Waals surface area contributed by atoms with Crippen molar-refractivity contribution in [1.82, 2.24) is 4.90 Å². The van der Waals surface area contributed by atoms with Gasteiger partial charge in [0.25, 0.3) is 5.91 Å². The third-order valence-corrected chi connectivity index (χ3v) is 3.76. The average Bonchev–Trinajstić information content (AvgIpc) is 2.93. The summed E-state index contributed by atoms with van der Waals surface area (Å²) in [5.41, 5.74) is 6.94. The molecule has 2 atom stereocenters. The van der Waals surface area contributed by atoms with Crippen molar-refractivity contribution >= 4 is 5.91 Å². The standard InChI is InChI=1S/C16H24N2O4/c1-3-18(13-9-21-10-14(13)19)16(20)12-8-11(2)4-5-15(12)22-7-6-17/h4-5,8,13-14,19H,3,6-7,9-10,17H2,1-2H3/t13-,14-/m1/s1. The minimum Gasteiger partial charge on any atom is -0.491 e. The second-order valence-corrected chi connectivity index (χ2v) is 5.40. The van der Waals surface area contributed by atoms with Crippen LogP contribution in [0.25, 0.3) is 0 Å². The maximum atomic E-state index is 12.9. The molecular weight excluding hydrogens is 284 g/mol. The number of rotatable bonds is 6. The van der Waals surface area contributed by atoms with Gasteiger partial charge in [-0.05, 0) is 26.0 Å². The van der Waals surface area contributed by atoms with E-state index in [0.717, 1.165) is 5.56 Å². The Labute approximate surface area is 130 Å². The van der Waals surface area contributed by atoms with Gasteiger partial charge >= 0.3 is 0 Å². The maximum absolute atomic E-state index is 12.9. The molecule has 122 valence electrons. The number of ether oxygens (including phenoxy) is 2. The van der Waals surface area contributed by atoms with Gasteiger partial charge in [0.15, 0.2) is 0 Å². The Kier molecular flexibility index (Phi) is 5.76. The summed E-state index contributed by atoms with van der Waals surface area (Å²) in [6.07, 6.45) is -0.651. The normalized spacial score (nSPS) is 20.9. The van der Waals surface area contributed by atoms with Crippen LogP contribution in [0.5, 0.6) is 5.75 Å². The molecule has 1 aromatic carbocycles. The van der Waals surface area contributed by atoms with Crippen molar-refractivity contribution in [3.63, 3.8) is 0 Å². The predicted octanol–water partition coefficient (Wildman–Crippen LogP) is 0.554. The van der Waals surface area contributed by atoms with Crippen molar-refractivity contribution in [2.45, 2.75) is 26.0 Å². The van der Waals surface area contributed by atoms with Gasteiger partial charge in [0.05, 0.1) is 30.9 Å². The van der Waals surface area contributed by atoms with Gasteiger partial charge in [-0.2, -0.15) is 0 Å². The maximum Gasteiger partial charge on any atom is 0.258 e. The Morgan fingerprint density at radius 3 is 2.86 bits per heavy atom. The van der Waals surface area contributed by atoms with Gasteiger partial charge in [-0.3, -0.25) is 4.79 Å². The number of amides is 1. The van der Waals surface area contributed by atoms with Crippen LogP contribution < -0.4 is 10.5 Å². The van der Waals surface area contributed by atoms with Gasteiger partial charge in [0, 0.05) is 13.1 Å². The number of hydrogen-bond acceptors (Lipinski definition) is 5. The van der Waals surface area contributed by atoms with E-state index in [9.17, 15) is 9.90 Å². The molecule has 1 aliphatic heterocycles. The summed E-state index contributed by atoms with van der Waals surface area (Å²) in [4.78, 5) is 14.5. The molecule has 0 aromatic heterocycles. The lowest BCUT2D eigenvalue weighted by Crippen LogP contribution is -2.46. The quantitative estimate of drug-likeness (QED) is 0.802. The Morgan fingerprint density at radius 1 is 1.50 bits per heavy atom. The number of nitrogens with two attached hydrogens (primary N) is 1. The van der Waals surface area contributed by atoms with E-state index < -0.39 is 6.10 Å². The number of aliphatic hydroxyl groups is 1. The lowest BCUT2D eigenvalue weighted by atomic mass is 10.1. The van der Waals surface area contributed by atoms with Crippen LogP contribution in [-0.4, -0.2) is 61.0 Å². The first-order valence-corrected chi connectivity index (χ1v) is 7.58. The van der Waals surface area contributed by atoms with Gasteiger partial charge in [-0.25, -0.2) is 0 Å². The van der Waals surface area contributed by atoms with Crippen molar-refractivity contribution in [3.8, 4) is 5.75 Å². The first-order chi connectivity index (χ1) is 10.6. The number of aryl methyl sites for hydroxylation is 1. The first kappa shape index (κ1) is 16.7. The number of benzene rings is 1. The molecule has 6 nitrogen and oxygen atoms in total. The summed E-state index contributed by atoms with van der Waals surface area (Å²) in [6, 6.07) is 5.17. The van der Waals surface area contributed by atoms with E-state index in [-0.39, 0.29) is 18.6 Å². The van der Waals surface area contributed by atoms with E-state index in [4.69, 9.17) is 15.2 Å². The molecule has 22 heavy (non-hydrogen) atoms. The zero-order valence-corrected chi connectivity index (χ0v) is 13.1. The fraction of sp³-hybridized carbons (Fsp3) is 0.562. The summed E-state index contributed by atoms with van der Waals surface area (Å²) in [5.74, 6) is 0.362. The van der Waals surface area contributed by atoms with Crippen molar-refractivity contribution in [2.24, 2.45) is 5.73 Å². The van der Waals surface area contributed by atoms with E-state index in [1.165, 1.54) is 0 Å². The molecule has 1 aromatic rings. The number of aliphatic hydroxyl groups excluding tert-OH is 1. The highest BCUT2D eigenvalue weighted by Crippen LogP contribution is 2.24. The van der Waals surface area contributed by atoms with Gasteiger partial charge in [0.1, 0.15) is 12.4 Å². The molecule has 1 amide bonds. The first-order valence-electron chi connectivity index (χ1n) is 7.58. The Balaban J connectivity index is 2.27. The highest BCUT2D eigenvalue weighted by molar-refractivity contribution is 5.97. The van der Waals surface area contributed by atoms with Gasteiger partial charge in [0.2, 0.25) is 0 Å². The van der Waals surface area contributed by atoms with Crippen LogP contribution in [0.2, 0.25) is 0 Å². The summed E-state index contributed by atoms with van der Waals surface area (Å²) in [7, 11) is 0. The number of carbonyl (C=O) groups excluding carboxylic acids is 1. The zero-order valence-electron chi connectivity index (χ0n) is 13.1. The Hall–Kier alpha value is -1.63. The van der Waals surface area contributed by atoms with Crippen molar-refractivity contribution in [1.29, 1.82) is 0 Å². The van der Waals surface area contributed by atoms with Crippen molar-refractivity contribution in [2.75, 3.05) is 32.9 Å². The zero-order chi connectivity index (χ0) is 16.1. The third-order valence-electron chi connectivity index (χ3n) is 3.76. The molecule has 1 aliphatic rings. The highest BCUT2D eigenvalue weighted by atomic mass is 16.5. The summed E-state index contributed by atoms with van der Waals surface area (Å²) >= 11 is 0. The number of nitrogens with zero attached hydrogens (tertiary/aromatic N) is 1. The van der Waals surface area contributed by atoms with E-state index in [1.807, 2.05) is 19.9 Å². The third kappa shape index (κ3) is 3.58. The fourth-order valence-electron chi connectivity index (χ4n) is 2.62. The lowest BCUT2D eigenvalue weighted by molar-refractivity contribution is 0.0517. The van der Waals surface area contributed by atoms with E-state index in [1.54, 1.807) is 17.0 Å². The summed E-state index contributed by atoms with van der Waals surface area (Å²) in [5, 5.41) is 9.98. The van der Waals surface area contributed by atoms with Crippen molar-refractivity contribution < 1.29 is 19.4 Å². The minimum absolute atomic E-state index is 0.159. The van der Waals surface area contributed by atoms with E-state index >= 15 is 0 Å². The van der Waals surface area contributed by atoms with Gasteiger partial charge in [-0.1, -0.05) is 11.6 Å². The topological polar surface area (TPSA) is 85.0 Å². The summed E-state index contributed by atoms with van der Waals surface area (Å²) in [6.45, 7) is 5.66.